The average molecular weight is 370 g/mol. The Bertz CT molecular complexity index is 581. The van der Waals surface area contributed by atoms with Crippen molar-refractivity contribution in [1.82, 2.24) is 9.88 Å². The van der Waals surface area contributed by atoms with Crippen LogP contribution in [0.2, 0.25) is 0 Å². The molecule has 0 aliphatic carbocycles. The Labute approximate surface area is 156 Å². The molecule has 0 saturated carbocycles. The Hall–Kier alpha value is -1.62. The standard InChI is InChI=1S/C18H23N3O.2ClH/c1-14(13-21(2)3)18(17(19)22,15-9-5-4-6-10-15)16-11-7-8-12-20-16;;/h4-12,14H,13H2,1-3H3,(H2,19,22);2*1H. The highest BCUT2D eigenvalue weighted by Gasteiger charge is 2.46. The van der Waals surface area contributed by atoms with Gasteiger partial charge in [-0.2, -0.15) is 0 Å². The third-order valence-corrected chi connectivity index (χ3v) is 4.06. The van der Waals surface area contributed by atoms with Gasteiger partial charge in [0.2, 0.25) is 5.91 Å². The molecule has 2 unspecified atom stereocenters. The lowest BCUT2D eigenvalue weighted by Crippen LogP contribution is -2.50. The number of benzene rings is 1. The molecule has 0 aliphatic heterocycles. The maximum atomic E-state index is 12.6. The molecule has 2 atom stereocenters. The molecule has 1 heterocycles. The minimum Gasteiger partial charge on any atom is -0.369 e. The van der Waals surface area contributed by atoms with Crippen LogP contribution in [0.3, 0.4) is 0 Å². The quantitative estimate of drug-likeness (QED) is 0.851. The van der Waals surface area contributed by atoms with Gasteiger partial charge in [0.05, 0.1) is 5.69 Å². The zero-order valence-corrected chi connectivity index (χ0v) is 15.8. The summed E-state index contributed by atoms with van der Waals surface area (Å²) in [5.74, 6) is -0.385. The predicted molar refractivity (Wildman–Crippen MR) is 103 cm³/mol. The summed E-state index contributed by atoms with van der Waals surface area (Å²) >= 11 is 0. The highest BCUT2D eigenvalue weighted by Crippen LogP contribution is 2.38. The fourth-order valence-corrected chi connectivity index (χ4v) is 3.18. The zero-order valence-electron chi connectivity index (χ0n) is 14.2. The highest BCUT2D eigenvalue weighted by molar-refractivity contribution is 5.90. The van der Waals surface area contributed by atoms with Gasteiger partial charge < -0.3 is 10.6 Å². The van der Waals surface area contributed by atoms with Gasteiger partial charge in [0.1, 0.15) is 5.41 Å². The number of nitrogens with zero attached hydrogens (tertiary/aromatic N) is 2. The first-order valence-corrected chi connectivity index (χ1v) is 7.41. The second-order valence-corrected chi connectivity index (χ2v) is 5.92. The van der Waals surface area contributed by atoms with Crippen LogP contribution in [0.15, 0.2) is 54.7 Å². The molecule has 6 heteroatoms. The van der Waals surface area contributed by atoms with Gasteiger partial charge in [-0.25, -0.2) is 0 Å². The van der Waals surface area contributed by atoms with E-state index in [1.807, 2.05) is 69.6 Å². The number of aromatic nitrogens is 1. The number of hydrogen-bond acceptors (Lipinski definition) is 3. The maximum absolute atomic E-state index is 12.6. The Morgan fingerprint density at radius 2 is 1.71 bits per heavy atom. The van der Waals surface area contributed by atoms with E-state index in [4.69, 9.17) is 5.73 Å². The van der Waals surface area contributed by atoms with Crippen molar-refractivity contribution in [3.8, 4) is 0 Å². The van der Waals surface area contributed by atoms with Crippen LogP contribution in [0, 0.1) is 5.92 Å². The third-order valence-electron chi connectivity index (χ3n) is 4.06. The van der Waals surface area contributed by atoms with Gasteiger partial charge in [-0.1, -0.05) is 43.3 Å². The summed E-state index contributed by atoms with van der Waals surface area (Å²) in [6, 6.07) is 15.3. The second kappa shape index (κ2) is 9.62. The summed E-state index contributed by atoms with van der Waals surface area (Å²) in [7, 11) is 3.98. The molecule has 0 spiro atoms. The molecule has 24 heavy (non-hydrogen) atoms. The molecule has 4 nitrogen and oxygen atoms in total. The first-order chi connectivity index (χ1) is 10.5. The van der Waals surface area contributed by atoms with Crippen LogP contribution in [0.5, 0.6) is 0 Å². The van der Waals surface area contributed by atoms with Crippen LogP contribution >= 0.6 is 24.8 Å². The molecule has 2 rings (SSSR count). The van der Waals surface area contributed by atoms with Gasteiger partial charge in [0.15, 0.2) is 0 Å². The van der Waals surface area contributed by atoms with Gasteiger partial charge in [-0.3, -0.25) is 9.78 Å². The fraction of sp³-hybridized carbons (Fsp3) is 0.333. The van der Waals surface area contributed by atoms with Crippen molar-refractivity contribution < 1.29 is 4.79 Å². The lowest BCUT2D eigenvalue weighted by atomic mass is 9.67. The normalized spacial score (nSPS) is 14.0. The van der Waals surface area contributed by atoms with E-state index in [0.29, 0.717) is 5.69 Å². The molecule has 1 aromatic carbocycles. The van der Waals surface area contributed by atoms with E-state index in [1.165, 1.54) is 0 Å². The highest BCUT2D eigenvalue weighted by atomic mass is 35.5. The Kier molecular flexibility index (Phi) is 8.97. The molecule has 0 bridgehead atoms. The summed E-state index contributed by atoms with van der Waals surface area (Å²) in [5, 5.41) is 0. The minimum absolute atomic E-state index is 0. The van der Waals surface area contributed by atoms with Crippen molar-refractivity contribution in [1.29, 1.82) is 0 Å². The van der Waals surface area contributed by atoms with Gasteiger partial charge in [0.25, 0.3) is 0 Å². The molecule has 2 aromatic rings. The Morgan fingerprint density at radius 1 is 1.12 bits per heavy atom. The third kappa shape index (κ3) is 4.26. The first kappa shape index (κ1) is 22.4. The minimum atomic E-state index is -0.938. The van der Waals surface area contributed by atoms with E-state index in [-0.39, 0.29) is 36.6 Å². The molecule has 0 fully saturated rings. The summed E-state index contributed by atoms with van der Waals surface area (Å²) in [6.07, 6.45) is 1.71. The van der Waals surface area contributed by atoms with Crippen LogP contribution in [0.25, 0.3) is 0 Å². The topological polar surface area (TPSA) is 59.2 Å². The van der Waals surface area contributed by atoms with Gasteiger partial charge >= 0.3 is 0 Å². The lowest BCUT2D eigenvalue weighted by molar-refractivity contribution is -0.124. The van der Waals surface area contributed by atoms with Crippen LogP contribution < -0.4 is 5.73 Å². The van der Waals surface area contributed by atoms with Crippen molar-refractivity contribution in [3.05, 3.63) is 66.0 Å². The second-order valence-electron chi connectivity index (χ2n) is 5.92. The Balaban J connectivity index is 0.00000264. The van der Waals surface area contributed by atoms with E-state index in [0.717, 1.165) is 12.1 Å². The number of carbonyl (C=O) groups excluding carboxylic acids is 1. The number of pyridine rings is 1. The maximum Gasteiger partial charge on any atom is 0.234 e. The largest absolute Gasteiger partial charge is 0.369 e. The smallest absolute Gasteiger partial charge is 0.234 e. The first-order valence-electron chi connectivity index (χ1n) is 7.41. The van der Waals surface area contributed by atoms with Gasteiger partial charge in [0, 0.05) is 12.7 Å². The van der Waals surface area contributed by atoms with Gasteiger partial charge in [-0.05, 0) is 37.7 Å². The van der Waals surface area contributed by atoms with Crippen LogP contribution in [0.4, 0.5) is 0 Å². The molecule has 1 aromatic heterocycles. The van der Waals surface area contributed by atoms with Crippen LogP contribution in [-0.4, -0.2) is 36.4 Å². The van der Waals surface area contributed by atoms with Crippen LogP contribution in [0.1, 0.15) is 18.2 Å². The molecule has 0 radical (unpaired) electrons. The van der Waals surface area contributed by atoms with Crippen LogP contribution in [-0.2, 0) is 10.2 Å². The zero-order chi connectivity index (χ0) is 16.2. The van der Waals surface area contributed by atoms with Gasteiger partial charge in [-0.15, -0.1) is 24.8 Å². The number of carbonyl (C=O) groups is 1. The number of halogens is 2. The molecule has 0 saturated heterocycles. The van der Waals surface area contributed by atoms with E-state index in [2.05, 4.69) is 9.88 Å². The molecule has 1 amide bonds. The molecular formula is C18H25Cl2N3O. The number of rotatable bonds is 6. The monoisotopic (exact) mass is 369 g/mol. The summed E-state index contributed by atoms with van der Waals surface area (Å²) in [5.41, 5.74) is 6.56. The molecule has 2 N–H and O–H groups in total. The van der Waals surface area contributed by atoms with Crippen molar-refractivity contribution >= 4 is 30.7 Å². The molecule has 132 valence electrons. The number of amides is 1. The van der Waals surface area contributed by atoms with Crippen molar-refractivity contribution in [2.45, 2.75) is 12.3 Å². The van der Waals surface area contributed by atoms with Crippen molar-refractivity contribution in [2.75, 3.05) is 20.6 Å². The van der Waals surface area contributed by atoms with Crippen molar-refractivity contribution in [3.63, 3.8) is 0 Å². The fourth-order valence-electron chi connectivity index (χ4n) is 3.18. The van der Waals surface area contributed by atoms with E-state index < -0.39 is 5.41 Å². The van der Waals surface area contributed by atoms with Crippen molar-refractivity contribution in [2.24, 2.45) is 11.7 Å². The van der Waals surface area contributed by atoms with E-state index in [1.54, 1.807) is 6.20 Å². The number of primary amides is 1. The summed E-state index contributed by atoms with van der Waals surface area (Å²) in [4.78, 5) is 19.1. The molecule has 0 aliphatic rings. The lowest BCUT2D eigenvalue weighted by Gasteiger charge is -2.37. The predicted octanol–water partition coefficient (Wildman–Crippen LogP) is 2.89. The van der Waals surface area contributed by atoms with E-state index in [9.17, 15) is 4.79 Å². The molecular weight excluding hydrogens is 345 g/mol. The summed E-state index contributed by atoms with van der Waals surface area (Å²) in [6.45, 7) is 2.78. The number of hydrogen-bond donors (Lipinski definition) is 1. The SMILES string of the molecule is CC(CN(C)C)C(C(N)=O)(c1ccccc1)c1ccccn1.Cl.Cl. The average Bonchev–Trinajstić information content (AvgIpc) is 2.49. The summed E-state index contributed by atoms with van der Waals surface area (Å²) < 4.78 is 0. The van der Waals surface area contributed by atoms with E-state index >= 15 is 0 Å². The number of nitrogens with two attached hydrogens (primary N) is 1. The Morgan fingerprint density at radius 3 is 2.17 bits per heavy atom.